The first-order valence-electron chi connectivity index (χ1n) is 14.9. The van der Waals surface area contributed by atoms with E-state index in [1.807, 2.05) is 55.5 Å². The Morgan fingerprint density at radius 3 is 1.58 bits per heavy atom. The van der Waals surface area contributed by atoms with Crippen molar-refractivity contribution in [3.05, 3.63) is 111 Å². The molecule has 210 valence electrons. The van der Waals surface area contributed by atoms with E-state index in [2.05, 4.69) is 36.4 Å². The minimum Gasteiger partial charge on any atom is -0.497 e. The molecule has 0 saturated heterocycles. The zero-order chi connectivity index (χ0) is 29.9. The SMILES string of the molecule is COc1ccc2nc3c4ccc5c6ccc7c8c(ccc(c9ccc(c(=O)n3c2c1)c4c95)c68)c(=O)n1c2ccc(C)cc2nc71. The molecule has 7 nitrogen and oxygen atoms in total. The van der Waals surface area contributed by atoms with E-state index in [1.54, 1.807) is 15.9 Å². The molecule has 4 aromatic heterocycles. The van der Waals surface area contributed by atoms with Crippen LogP contribution in [0.2, 0.25) is 0 Å². The summed E-state index contributed by atoms with van der Waals surface area (Å²) in [5.74, 6) is 0.676. The Balaban J connectivity index is 1.35. The number of benzene rings is 7. The van der Waals surface area contributed by atoms with Gasteiger partial charge in [-0.1, -0.05) is 30.3 Å². The normalized spacial score (nSPS) is 12.8. The van der Waals surface area contributed by atoms with Crippen molar-refractivity contribution >= 4 is 98.0 Å². The molecule has 11 rings (SSSR count). The highest BCUT2D eigenvalue weighted by molar-refractivity contribution is 6.40. The summed E-state index contributed by atoms with van der Waals surface area (Å²) in [6.45, 7) is 2.04. The number of aromatic nitrogens is 4. The Morgan fingerprint density at radius 1 is 0.511 bits per heavy atom. The van der Waals surface area contributed by atoms with E-state index in [0.29, 0.717) is 27.8 Å². The molecule has 7 heteroatoms. The van der Waals surface area contributed by atoms with Gasteiger partial charge in [0.05, 0.1) is 29.2 Å². The standard InChI is InChI=1S/C38H20N4O3/c1-17-3-14-29-28(15-17)40-36-24-10-6-20-19-5-9-23-33-26(38(44)42-30-16-18(45-2)4-13-27(30)39-35(23)42)12-8-22(31(19)33)21-7-11-25(34(24)32(20)21)37(43)41(29)36/h3-16H,1-2H3. The van der Waals surface area contributed by atoms with Crippen LogP contribution in [-0.4, -0.2) is 25.9 Å². The van der Waals surface area contributed by atoms with Crippen LogP contribution in [0.15, 0.2) is 94.5 Å². The molecular formula is C38H20N4O3. The van der Waals surface area contributed by atoms with Crippen molar-refractivity contribution in [1.29, 1.82) is 0 Å². The van der Waals surface area contributed by atoms with Crippen molar-refractivity contribution in [2.75, 3.05) is 7.11 Å². The fourth-order valence-electron chi connectivity index (χ4n) is 8.00. The van der Waals surface area contributed by atoms with Crippen LogP contribution in [0, 0.1) is 6.92 Å². The van der Waals surface area contributed by atoms with Gasteiger partial charge < -0.3 is 4.74 Å². The quantitative estimate of drug-likeness (QED) is 0.148. The van der Waals surface area contributed by atoms with Gasteiger partial charge in [0.1, 0.15) is 17.0 Å². The molecule has 7 aromatic carbocycles. The van der Waals surface area contributed by atoms with Crippen LogP contribution in [0.3, 0.4) is 0 Å². The molecule has 4 heterocycles. The van der Waals surface area contributed by atoms with E-state index in [0.717, 1.165) is 81.5 Å². The van der Waals surface area contributed by atoms with E-state index in [9.17, 15) is 9.59 Å². The molecule has 0 bridgehead atoms. The van der Waals surface area contributed by atoms with Crippen molar-refractivity contribution in [2.45, 2.75) is 6.92 Å². The molecule has 0 fully saturated rings. The Bertz CT molecular complexity index is 3230. The highest BCUT2D eigenvalue weighted by Gasteiger charge is 2.24. The number of nitrogens with zero attached hydrogens (tertiary/aromatic N) is 4. The number of fused-ring (bicyclic) bond motifs is 10. The highest BCUT2D eigenvalue weighted by Crippen LogP contribution is 2.45. The van der Waals surface area contributed by atoms with Crippen LogP contribution in [-0.2, 0) is 0 Å². The van der Waals surface area contributed by atoms with Gasteiger partial charge in [0.2, 0.25) is 0 Å². The molecule has 0 saturated carbocycles. The van der Waals surface area contributed by atoms with Gasteiger partial charge in [-0.05, 0) is 93.3 Å². The van der Waals surface area contributed by atoms with E-state index in [4.69, 9.17) is 14.7 Å². The zero-order valence-electron chi connectivity index (χ0n) is 24.1. The van der Waals surface area contributed by atoms with Crippen LogP contribution in [0.25, 0.3) is 98.0 Å². The number of rotatable bonds is 1. The van der Waals surface area contributed by atoms with Crippen LogP contribution in [0.1, 0.15) is 5.56 Å². The van der Waals surface area contributed by atoms with Crippen LogP contribution in [0.5, 0.6) is 5.75 Å². The maximum atomic E-state index is 14.2. The third-order valence-corrected chi connectivity index (χ3v) is 9.92. The molecule has 0 spiro atoms. The molecule has 0 radical (unpaired) electrons. The first-order chi connectivity index (χ1) is 22.0. The summed E-state index contributed by atoms with van der Waals surface area (Å²) in [6, 6.07) is 28.1. The summed E-state index contributed by atoms with van der Waals surface area (Å²) in [4.78, 5) is 38.1. The van der Waals surface area contributed by atoms with Gasteiger partial charge in [0.25, 0.3) is 11.1 Å². The summed E-state index contributed by atoms with van der Waals surface area (Å²) < 4.78 is 8.92. The van der Waals surface area contributed by atoms with E-state index < -0.39 is 0 Å². The Labute approximate surface area is 252 Å². The number of pyridine rings is 2. The largest absolute Gasteiger partial charge is 0.497 e. The highest BCUT2D eigenvalue weighted by atomic mass is 16.5. The van der Waals surface area contributed by atoms with Gasteiger partial charge in [-0.15, -0.1) is 0 Å². The summed E-state index contributed by atoms with van der Waals surface area (Å²) in [5, 5.41) is 11.3. The molecule has 0 N–H and O–H groups in total. The first-order valence-corrected chi connectivity index (χ1v) is 14.9. The number of imidazole rings is 2. The van der Waals surface area contributed by atoms with Crippen molar-refractivity contribution in [1.82, 2.24) is 18.8 Å². The van der Waals surface area contributed by atoms with Crippen molar-refractivity contribution < 1.29 is 4.74 Å². The monoisotopic (exact) mass is 580 g/mol. The fraction of sp³-hybridized carbons (Fsp3) is 0.0526. The number of hydrogen-bond acceptors (Lipinski definition) is 5. The van der Waals surface area contributed by atoms with E-state index >= 15 is 0 Å². The van der Waals surface area contributed by atoms with Gasteiger partial charge in [-0.25, -0.2) is 9.97 Å². The molecule has 0 aliphatic carbocycles. The summed E-state index contributed by atoms with van der Waals surface area (Å²) in [5.41, 5.74) is 5.34. The lowest BCUT2D eigenvalue weighted by Gasteiger charge is -2.18. The van der Waals surface area contributed by atoms with Gasteiger partial charge in [0, 0.05) is 38.4 Å². The molecule has 11 aromatic rings. The second kappa shape index (κ2) is 7.52. The third-order valence-electron chi connectivity index (χ3n) is 9.92. The minimum atomic E-state index is -0.104. The van der Waals surface area contributed by atoms with Crippen molar-refractivity contribution in [2.24, 2.45) is 0 Å². The predicted octanol–water partition coefficient (Wildman–Crippen LogP) is 7.56. The minimum absolute atomic E-state index is 0.0651. The van der Waals surface area contributed by atoms with Gasteiger partial charge in [-0.2, -0.15) is 0 Å². The maximum absolute atomic E-state index is 14.2. The Morgan fingerprint density at radius 2 is 1.00 bits per heavy atom. The molecule has 0 aliphatic heterocycles. The zero-order valence-corrected chi connectivity index (χ0v) is 24.1. The third kappa shape index (κ3) is 2.57. The summed E-state index contributed by atoms with van der Waals surface area (Å²) in [6.07, 6.45) is 0. The molecule has 0 atom stereocenters. The van der Waals surface area contributed by atoms with E-state index in [-0.39, 0.29) is 11.1 Å². The molecule has 0 aliphatic rings. The lowest BCUT2D eigenvalue weighted by atomic mass is 9.86. The van der Waals surface area contributed by atoms with E-state index in [1.165, 1.54) is 0 Å². The number of ether oxygens (including phenoxy) is 1. The topological polar surface area (TPSA) is 78.0 Å². The van der Waals surface area contributed by atoms with Crippen LogP contribution >= 0.6 is 0 Å². The molecular weight excluding hydrogens is 560 g/mol. The maximum Gasteiger partial charge on any atom is 0.264 e. The van der Waals surface area contributed by atoms with Gasteiger partial charge in [-0.3, -0.25) is 18.4 Å². The van der Waals surface area contributed by atoms with Crippen LogP contribution < -0.4 is 15.9 Å². The number of hydrogen-bond donors (Lipinski definition) is 0. The second-order valence-electron chi connectivity index (χ2n) is 12.1. The molecule has 0 amide bonds. The second-order valence-corrected chi connectivity index (χ2v) is 12.1. The summed E-state index contributed by atoms with van der Waals surface area (Å²) >= 11 is 0. The summed E-state index contributed by atoms with van der Waals surface area (Å²) in [7, 11) is 1.62. The van der Waals surface area contributed by atoms with Crippen LogP contribution in [0.4, 0.5) is 0 Å². The molecule has 45 heavy (non-hydrogen) atoms. The van der Waals surface area contributed by atoms with Gasteiger partial charge in [0.15, 0.2) is 0 Å². The Kier molecular flexibility index (Phi) is 3.91. The van der Waals surface area contributed by atoms with Crippen molar-refractivity contribution in [3.8, 4) is 5.75 Å². The van der Waals surface area contributed by atoms with Crippen molar-refractivity contribution in [3.63, 3.8) is 0 Å². The fourth-order valence-corrected chi connectivity index (χ4v) is 8.00. The lowest BCUT2D eigenvalue weighted by molar-refractivity contribution is 0.415. The van der Waals surface area contributed by atoms with Gasteiger partial charge >= 0.3 is 0 Å². The Hall–Kier alpha value is -6.08. The molecule has 0 unspecified atom stereocenters. The average molecular weight is 581 g/mol. The number of aryl methyl sites for hydroxylation is 1. The smallest absolute Gasteiger partial charge is 0.264 e. The lowest BCUT2D eigenvalue weighted by Crippen LogP contribution is -2.14. The average Bonchev–Trinajstić information content (AvgIpc) is 3.64. The first kappa shape index (κ1) is 23.4. The predicted molar refractivity (Wildman–Crippen MR) is 181 cm³/mol. The number of methoxy groups -OCH3 is 1.